The van der Waals surface area contributed by atoms with E-state index < -0.39 is 11.8 Å². The van der Waals surface area contributed by atoms with E-state index in [0.717, 1.165) is 24.1 Å². The summed E-state index contributed by atoms with van der Waals surface area (Å²) in [5.74, 6) is -2.17. The summed E-state index contributed by atoms with van der Waals surface area (Å²) in [4.78, 5) is 25.5. The third-order valence-electron chi connectivity index (χ3n) is 2.80. The molecule has 1 heterocycles. The van der Waals surface area contributed by atoms with Gasteiger partial charge in [0.25, 0.3) is 5.78 Å². The molecule has 20 heavy (non-hydrogen) atoms. The number of carbonyl (C=O) groups excluding carboxylic acids is 2. The number of aliphatic hydroxyl groups excluding tert-OH is 1. The van der Waals surface area contributed by atoms with E-state index in [0.29, 0.717) is 11.3 Å². The van der Waals surface area contributed by atoms with Crippen molar-refractivity contribution in [3.63, 3.8) is 0 Å². The number of rotatable bonds is 3. The van der Waals surface area contributed by atoms with Crippen LogP contribution in [0.2, 0.25) is 0 Å². The number of para-hydroxylation sites is 1. The Morgan fingerprint density at radius 2 is 1.95 bits per heavy atom. The molecule has 0 unspecified atom stereocenters. The number of aliphatic hydroxyl groups is 1. The first-order valence-electron chi connectivity index (χ1n) is 5.65. The van der Waals surface area contributed by atoms with Gasteiger partial charge in [-0.25, -0.2) is 4.79 Å². The van der Waals surface area contributed by atoms with Gasteiger partial charge in [0.15, 0.2) is 0 Å². The van der Waals surface area contributed by atoms with Gasteiger partial charge in [-0.1, -0.05) is 18.2 Å². The first-order valence-corrected chi connectivity index (χ1v) is 5.65. The molecule has 2 aromatic rings. The van der Waals surface area contributed by atoms with Crippen molar-refractivity contribution in [1.82, 2.24) is 4.98 Å². The molecule has 0 fully saturated rings. The van der Waals surface area contributed by atoms with Crippen LogP contribution in [0.1, 0.15) is 11.3 Å². The van der Waals surface area contributed by atoms with Crippen molar-refractivity contribution in [2.45, 2.75) is 6.92 Å². The Kier molecular flexibility index (Phi) is 5.56. The summed E-state index contributed by atoms with van der Waals surface area (Å²) in [6, 6.07) is 7.37. The molecule has 2 N–H and O–H groups in total. The van der Waals surface area contributed by atoms with Crippen LogP contribution in [0.25, 0.3) is 16.7 Å². The molecule has 0 atom stereocenters. The van der Waals surface area contributed by atoms with Crippen LogP contribution in [-0.4, -0.2) is 29.0 Å². The molecule has 0 amide bonds. The number of methoxy groups -OCH3 is 1. The summed E-state index contributed by atoms with van der Waals surface area (Å²) in [7, 11) is 1.11. The summed E-state index contributed by atoms with van der Waals surface area (Å²) in [5, 5.41) is 10.8. The third-order valence-corrected chi connectivity index (χ3v) is 2.80. The smallest absolute Gasteiger partial charge is 0.507 e. The molecule has 0 aliphatic carbocycles. The number of nitrogens with one attached hydrogen (secondary N) is 1. The van der Waals surface area contributed by atoms with E-state index in [9.17, 15) is 14.7 Å². The van der Waals surface area contributed by atoms with Gasteiger partial charge in [-0.15, -0.1) is 0 Å². The number of aromatic amines is 1. The van der Waals surface area contributed by atoms with Crippen molar-refractivity contribution in [3.8, 4) is 0 Å². The monoisotopic (exact) mass is 282 g/mol. The number of hydrogen-bond donors (Lipinski definition) is 2. The van der Waals surface area contributed by atoms with Crippen LogP contribution < -0.4 is 29.6 Å². The molecule has 0 bridgehead atoms. The van der Waals surface area contributed by atoms with E-state index in [-0.39, 0.29) is 35.3 Å². The molecule has 98 valence electrons. The van der Waals surface area contributed by atoms with E-state index in [1.54, 1.807) is 6.92 Å². The number of fused-ring (bicyclic) bond motifs is 1. The average Bonchev–Trinajstić information content (AvgIpc) is 2.73. The van der Waals surface area contributed by atoms with Crippen molar-refractivity contribution in [2.75, 3.05) is 7.11 Å². The Morgan fingerprint density at radius 1 is 1.30 bits per heavy atom. The fourth-order valence-corrected chi connectivity index (χ4v) is 1.96. The molecule has 0 aliphatic heterocycles. The first-order chi connectivity index (χ1) is 9.04. The van der Waals surface area contributed by atoms with Crippen molar-refractivity contribution in [1.29, 1.82) is 0 Å². The molecule has 0 saturated carbocycles. The van der Waals surface area contributed by atoms with Gasteiger partial charge in [0.05, 0.1) is 7.11 Å². The molecule has 0 saturated heterocycles. The second-order valence-electron chi connectivity index (χ2n) is 4.06. The average molecular weight is 282 g/mol. The van der Waals surface area contributed by atoms with Crippen LogP contribution in [-0.2, 0) is 14.3 Å². The summed E-state index contributed by atoms with van der Waals surface area (Å²) in [5.41, 5.74) is 2.07. The predicted molar refractivity (Wildman–Crippen MR) is 70.7 cm³/mol. The maximum absolute atomic E-state index is 11.4. The standard InChI is InChI=1S/C14H13NO4.Na/c1-8-13(9-5-3-4-6-10(9)15-8)11(16)7-12(17)14(18)19-2;/h3-7,15-16H,1-2H3;/q;+1/b11-7+;. The summed E-state index contributed by atoms with van der Waals surface area (Å²) in [6.45, 7) is 1.78. The van der Waals surface area contributed by atoms with Crippen LogP contribution in [0.3, 0.4) is 0 Å². The van der Waals surface area contributed by atoms with Gasteiger partial charge in [-0.2, -0.15) is 0 Å². The zero-order valence-corrected chi connectivity index (χ0v) is 13.6. The van der Waals surface area contributed by atoms with Gasteiger partial charge in [0.2, 0.25) is 0 Å². The molecular formula is C14H13NNaO4+. The third kappa shape index (κ3) is 3.12. The Balaban J connectivity index is 0.00000200. The minimum atomic E-state index is -1.01. The van der Waals surface area contributed by atoms with Gasteiger partial charge in [-0.05, 0) is 13.0 Å². The SMILES string of the molecule is COC(=O)C(=O)/C=C(/O)c1c(C)[nH]c2ccccc12.[Na+]. The molecule has 2 rings (SSSR count). The van der Waals surface area contributed by atoms with Crippen LogP contribution in [0.4, 0.5) is 0 Å². The number of benzene rings is 1. The van der Waals surface area contributed by atoms with Crippen LogP contribution in [0.5, 0.6) is 0 Å². The van der Waals surface area contributed by atoms with Gasteiger partial charge in [0, 0.05) is 28.2 Å². The van der Waals surface area contributed by atoms with E-state index in [1.807, 2.05) is 24.3 Å². The Morgan fingerprint density at radius 3 is 2.60 bits per heavy atom. The molecule has 1 aromatic heterocycles. The summed E-state index contributed by atoms with van der Waals surface area (Å²) >= 11 is 0. The molecule has 0 radical (unpaired) electrons. The first kappa shape index (κ1) is 16.5. The zero-order chi connectivity index (χ0) is 14.0. The number of aromatic nitrogens is 1. The molecular weight excluding hydrogens is 269 g/mol. The Hall–Kier alpha value is -1.56. The van der Waals surface area contributed by atoms with E-state index in [1.165, 1.54) is 0 Å². The van der Waals surface area contributed by atoms with Gasteiger partial charge in [0.1, 0.15) is 5.76 Å². The van der Waals surface area contributed by atoms with E-state index in [4.69, 9.17) is 0 Å². The largest absolute Gasteiger partial charge is 1.00 e. The molecule has 6 heteroatoms. The normalized spacial score (nSPS) is 11.0. The Bertz CT molecular complexity index is 688. The van der Waals surface area contributed by atoms with Crippen molar-refractivity contribution in [2.24, 2.45) is 0 Å². The van der Waals surface area contributed by atoms with Crippen molar-refractivity contribution < 1.29 is 49.0 Å². The summed E-state index contributed by atoms with van der Waals surface area (Å²) < 4.78 is 4.30. The summed E-state index contributed by atoms with van der Waals surface area (Å²) in [6.07, 6.45) is 0.869. The van der Waals surface area contributed by atoms with Gasteiger partial charge >= 0.3 is 35.5 Å². The second-order valence-corrected chi connectivity index (χ2v) is 4.06. The fraction of sp³-hybridized carbons (Fsp3) is 0.143. The van der Waals surface area contributed by atoms with Crippen LogP contribution >= 0.6 is 0 Å². The number of ether oxygens (including phenoxy) is 1. The maximum atomic E-state index is 11.4. The topological polar surface area (TPSA) is 79.4 Å². The minimum Gasteiger partial charge on any atom is -0.507 e. The minimum absolute atomic E-state index is 0. The quantitative estimate of drug-likeness (QED) is 0.252. The maximum Gasteiger partial charge on any atom is 1.00 e. The fourth-order valence-electron chi connectivity index (χ4n) is 1.96. The zero-order valence-electron chi connectivity index (χ0n) is 11.6. The molecule has 0 spiro atoms. The molecule has 1 aromatic carbocycles. The van der Waals surface area contributed by atoms with Gasteiger partial charge < -0.3 is 14.8 Å². The number of hydrogen-bond acceptors (Lipinski definition) is 4. The number of ketones is 1. The Labute approximate surface area is 137 Å². The van der Waals surface area contributed by atoms with Crippen LogP contribution in [0, 0.1) is 6.92 Å². The number of H-pyrrole nitrogens is 1. The number of esters is 1. The van der Waals surface area contributed by atoms with Crippen molar-refractivity contribution in [3.05, 3.63) is 41.6 Å². The van der Waals surface area contributed by atoms with E-state index >= 15 is 0 Å². The van der Waals surface area contributed by atoms with Crippen molar-refractivity contribution >= 4 is 28.4 Å². The van der Waals surface area contributed by atoms with Gasteiger partial charge in [-0.3, -0.25) is 4.79 Å². The number of aryl methyl sites for hydroxylation is 1. The predicted octanol–water partition coefficient (Wildman–Crippen LogP) is -0.879. The number of carbonyl (C=O) groups is 2. The molecule has 0 aliphatic rings. The second kappa shape index (κ2) is 6.74. The van der Waals surface area contributed by atoms with E-state index in [2.05, 4.69) is 9.72 Å². The van der Waals surface area contributed by atoms with Crippen LogP contribution in [0.15, 0.2) is 30.3 Å². The molecule has 5 nitrogen and oxygen atoms in total.